The van der Waals surface area contributed by atoms with E-state index in [-0.39, 0.29) is 5.91 Å². The Labute approximate surface area is 159 Å². The third kappa shape index (κ3) is 4.51. The SMILES string of the molecule is CCCCN1CCC(NC(=O)c2cc(C)n(C3CCCCC3)c2C)CC1. The molecule has 2 heterocycles. The molecule has 1 aliphatic carbocycles. The number of unbranched alkanes of at least 4 members (excludes halogenated alkanes) is 1. The molecule has 1 amide bonds. The second-order valence-corrected chi connectivity index (χ2v) is 8.39. The summed E-state index contributed by atoms with van der Waals surface area (Å²) in [7, 11) is 0. The zero-order chi connectivity index (χ0) is 18.5. The number of rotatable bonds is 6. The minimum absolute atomic E-state index is 0.132. The Morgan fingerprint density at radius 2 is 1.81 bits per heavy atom. The van der Waals surface area contributed by atoms with E-state index >= 15 is 0 Å². The molecule has 2 aliphatic rings. The van der Waals surface area contributed by atoms with Crippen molar-refractivity contribution in [3.05, 3.63) is 23.0 Å². The third-order valence-corrected chi connectivity index (χ3v) is 6.42. The van der Waals surface area contributed by atoms with Crippen LogP contribution in [-0.2, 0) is 0 Å². The van der Waals surface area contributed by atoms with E-state index in [0.29, 0.717) is 12.1 Å². The summed E-state index contributed by atoms with van der Waals surface area (Å²) in [6.45, 7) is 9.98. The number of hydrogen-bond donors (Lipinski definition) is 1. The Morgan fingerprint density at radius 3 is 2.46 bits per heavy atom. The van der Waals surface area contributed by atoms with Gasteiger partial charge in [0.15, 0.2) is 0 Å². The lowest BCUT2D eigenvalue weighted by atomic mass is 9.95. The average molecular weight is 360 g/mol. The number of aryl methyl sites for hydroxylation is 1. The maximum absolute atomic E-state index is 12.9. The van der Waals surface area contributed by atoms with Crippen molar-refractivity contribution in [2.45, 2.75) is 90.6 Å². The molecule has 1 N–H and O–H groups in total. The first kappa shape index (κ1) is 19.5. The van der Waals surface area contributed by atoms with Gasteiger partial charge in [0.25, 0.3) is 5.91 Å². The predicted octanol–water partition coefficient (Wildman–Crippen LogP) is 4.60. The van der Waals surface area contributed by atoms with Gasteiger partial charge in [0, 0.05) is 36.6 Å². The number of hydrogen-bond acceptors (Lipinski definition) is 2. The van der Waals surface area contributed by atoms with Gasteiger partial charge in [0.05, 0.1) is 5.56 Å². The van der Waals surface area contributed by atoms with E-state index in [2.05, 4.69) is 41.6 Å². The molecule has 1 saturated carbocycles. The summed E-state index contributed by atoms with van der Waals surface area (Å²) in [6.07, 6.45) is 11.2. The molecule has 26 heavy (non-hydrogen) atoms. The first-order valence-electron chi connectivity index (χ1n) is 10.8. The Hall–Kier alpha value is -1.29. The molecule has 1 aromatic rings. The first-order valence-corrected chi connectivity index (χ1v) is 10.8. The van der Waals surface area contributed by atoms with Crippen LogP contribution in [0.2, 0.25) is 0 Å². The van der Waals surface area contributed by atoms with Crippen molar-refractivity contribution in [3.8, 4) is 0 Å². The lowest BCUT2D eigenvalue weighted by molar-refractivity contribution is 0.0910. The molecule has 0 radical (unpaired) electrons. The van der Waals surface area contributed by atoms with E-state index in [4.69, 9.17) is 0 Å². The highest BCUT2D eigenvalue weighted by Gasteiger charge is 2.25. The number of likely N-dealkylation sites (tertiary alicyclic amines) is 1. The molecular formula is C22H37N3O. The smallest absolute Gasteiger partial charge is 0.253 e. The second kappa shape index (κ2) is 9.07. The maximum Gasteiger partial charge on any atom is 0.253 e. The molecule has 4 heteroatoms. The van der Waals surface area contributed by atoms with Gasteiger partial charge in [-0.2, -0.15) is 0 Å². The Balaban J connectivity index is 1.58. The Bertz CT molecular complexity index is 593. The molecule has 0 aromatic carbocycles. The normalized spacial score (nSPS) is 20.4. The summed E-state index contributed by atoms with van der Waals surface area (Å²) in [5.74, 6) is 0.132. The second-order valence-electron chi connectivity index (χ2n) is 8.39. The van der Waals surface area contributed by atoms with Crippen LogP contribution in [0.15, 0.2) is 6.07 Å². The van der Waals surface area contributed by atoms with Crippen molar-refractivity contribution in [1.82, 2.24) is 14.8 Å². The zero-order valence-electron chi connectivity index (χ0n) is 17.0. The lowest BCUT2D eigenvalue weighted by Gasteiger charge is -2.32. The Morgan fingerprint density at radius 1 is 1.12 bits per heavy atom. The molecule has 1 aromatic heterocycles. The van der Waals surface area contributed by atoms with Gasteiger partial charge in [-0.1, -0.05) is 32.6 Å². The van der Waals surface area contributed by atoms with Crippen LogP contribution in [0.3, 0.4) is 0 Å². The van der Waals surface area contributed by atoms with Crippen molar-refractivity contribution in [2.24, 2.45) is 0 Å². The fourth-order valence-electron chi connectivity index (χ4n) is 4.85. The molecule has 3 rings (SSSR count). The van der Waals surface area contributed by atoms with Crippen LogP contribution in [0.25, 0.3) is 0 Å². The van der Waals surface area contributed by atoms with Gasteiger partial charge >= 0.3 is 0 Å². The first-order chi connectivity index (χ1) is 12.6. The van der Waals surface area contributed by atoms with Crippen LogP contribution < -0.4 is 5.32 Å². The van der Waals surface area contributed by atoms with Gasteiger partial charge < -0.3 is 14.8 Å². The highest BCUT2D eigenvalue weighted by molar-refractivity contribution is 5.95. The molecule has 0 spiro atoms. The van der Waals surface area contributed by atoms with Crippen molar-refractivity contribution in [3.63, 3.8) is 0 Å². The van der Waals surface area contributed by atoms with Crippen LogP contribution >= 0.6 is 0 Å². The van der Waals surface area contributed by atoms with Crippen LogP contribution in [0.4, 0.5) is 0 Å². The van der Waals surface area contributed by atoms with Crippen molar-refractivity contribution < 1.29 is 4.79 Å². The molecule has 1 aliphatic heterocycles. The van der Waals surface area contributed by atoms with E-state index in [1.165, 1.54) is 57.2 Å². The van der Waals surface area contributed by atoms with Gasteiger partial charge in [-0.25, -0.2) is 0 Å². The standard InChI is InChI=1S/C22H37N3O/c1-4-5-13-24-14-11-19(12-15-24)23-22(26)21-16-17(2)25(18(21)3)20-9-7-6-8-10-20/h16,19-20H,4-15H2,1-3H3,(H,23,26). The number of nitrogens with zero attached hydrogens (tertiary/aromatic N) is 2. The summed E-state index contributed by atoms with van der Waals surface area (Å²) < 4.78 is 2.43. The predicted molar refractivity (Wildman–Crippen MR) is 108 cm³/mol. The molecule has 0 bridgehead atoms. The molecule has 0 unspecified atom stereocenters. The number of aromatic nitrogens is 1. The fourth-order valence-corrected chi connectivity index (χ4v) is 4.85. The van der Waals surface area contributed by atoms with Gasteiger partial charge in [0.1, 0.15) is 0 Å². The molecule has 2 fully saturated rings. The van der Waals surface area contributed by atoms with Gasteiger partial charge in [-0.15, -0.1) is 0 Å². The third-order valence-electron chi connectivity index (χ3n) is 6.42. The summed E-state index contributed by atoms with van der Waals surface area (Å²) in [5, 5.41) is 3.32. The fraction of sp³-hybridized carbons (Fsp3) is 0.773. The molecular weight excluding hydrogens is 322 g/mol. The van der Waals surface area contributed by atoms with Crippen molar-refractivity contribution >= 4 is 5.91 Å². The van der Waals surface area contributed by atoms with Gasteiger partial charge in [-0.05, 0) is 58.6 Å². The molecule has 146 valence electrons. The van der Waals surface area contributed by atoms with Crippen molar-refractivity contribution in [1.29, 1.82) is 0 Å². The minimum Gasteiger partial charge on any atom is -0.349 e. The molecule has 1 saturated heterocycles. The van der Waals surface area contributed by atoms with Crippen LogP contribution in [0.1, 0.15) is 92.5 Å². The van der Waals surface area contributed by atoms with E-state index in [0.717, 1.165) is 37.2 Å². The van der Waals surface area contributed by atoms with E-state index in [1.54, 1.807) is 0 Å². The average Bonchev–Trinajstić information content (AvgIpc) is 2.96. The van der Waals surface area contributed by atoms with Gasteiger partial charge in [-0.3, -0.25) is 4.79 Å². The number of amides is 1. The highest BCUT2D eigenvalue weighted by atomic mass is 16.1. The number of carbonyl (C=O) groups is 1. The maximum atomic E-state index is 12.9. The number of carbonyl (C=O) groups excluding carboxylic acids is 1. The molecule has 0 atom stereocenters. The summed E-state index contributed by atoms with van der Waals surface area (Å²) in [5.41, 5.74) is 3.29. The molecule has 4 nitrogen and oxygen atoms in total. The van der Waals surface area contributed by atoms with E-state index in [9.17, 15) is 4.79 Å². The largest absolute Gasteiger partial charge is 0.349 e. The summed E-state index contributed by atoms with van der Waals surface area (Å²) in [4.78, 5) is 15.4. The Kier molecular flexibility index (Phi) is 6.80. The number of piperidine rings is 1. The summed E-state index contributed by atoms with van der Waals surface area (Å²) >= 11 is 0. The van der Waals surface area contributed by atoms with E-state index < -0.39 is 0 Å². The van der Waals surface area contributed by atoms with Crippen molar-refractivity contribution in [2.75, 3.05) is 19.6 Å². The highest BCUT2D eigenvalue weighted by Crippen LogP contribution is 2.32. The quantitative estimate of drug-likeness (QED) is 0.806. The van der Waals surface area contributed by atoms with Crippen LogP contribution in [0.5, 0.6) is 0 Å². The topological polar surface area (TPSA) is 37.3 Å². The van der Waals surface area contributed by atoms with Gasteiger partial charge in [0.2, 0.25) is 0 Å². The number of nitrogens with one attached hydrogen (secondary N) is 1. The van der Waals surface area contributed by atoms with E-state index in [1.807, 2.05) is 0 Å². The monoisotopic (exact) mass is 359 g/mol. The summed E-state index contributed by atoms with van der Waals surface area (Å²) in [6, 6.07) is 3.03. The lowest BCUT2D eigenvalue weighted by Crippen LogP contribution is -2.44. The van der Waals surface area contributed by atoms with Crippen LogP contribution in [0, 0.1) is 13.8 Å². The zero-order valence-corrected chi connectivity index (χ0v) is 17.0. The minimum atomic E-state index is 0.132. The van der Waals surface area contributed by atoms with Crippen LogP contribution in [-0.4, -0.2) is 41.1 Å².